The van der Waals surface area contributed by atoms with Crippen LogP contribution in [0.15, 0.2) is 0 Å². The predicted octanol–water partition coefficient (Wildman–Crippen LogP) is 4.22. The van der Waals surface area contributed by atoms with E-state index in [9.17, 15) is 0 Å². The van der Waals surface area contributed by atoms with Crippen LogP contribution in [0.25, 0.3) is 0 Å². The second kappa shape index (κ2) is 7.68. The van der Waals surface area contributed by atoms with E-state index >= 15 is 0 Å². The molecule has 2 atom stereocenters. The first-order valence-electron chi connectivity index (χ1n) is 7.75. The highest BCUT2D eigenvalue weighted by molar-refractivity contribution is 7.99. The summed E-state index contributed by atoms with van der Waals surface area (Å²) in [4.78, 5) is 0. The van der Waals surface area contributed by atoms with E-state index in [2.05, 4.69) is 24.0 Å². The highest BCUT2D eigenvalue weighted by atomic mass is 32.2. The lowest BCUT2D eigenvalue weighted by atomic mass is 9.87. The molecule has 0 aliphatic heterocycles. The maximum Gasteiger partial charge on any atom is 0.0201 e. The van der Waals surface area contributed by atoms with Gasteiger partial charge in [0.15, 0.2) is 0 Å². The molecule has 1 nitrogen and oxygen atoms in total. The van der Waals surface area contributed by atoms with Gasteiger partial charge in [-0.2, -0.15) is 11.8 Å². The van der Waals surface area contributed by atoms with Gasteiger partial charge in [-0.3, -0.25) is 0 Å². The van der Waals surface area contributed by atoms with Crippen molar-refractivity contribution < 1.29 is 0 Å². The second-order valence-corrected chi connectivity index (χ2v) is 7.29. The lowest BCUT2D eigenvalue weighted by Crippen LogP contribution is -2.35. The Balaban J connectivity index is 1.60. The fourth-order valence-electron chi connectivity index (χ4n) is 3.52. The first-order chi connectivity index (χ1) is 8.40. The van der Waals surface area contributed by atoms with Crippen molar-refractivity contribution in [1.29, 1.82) is 0 Å². The molecule has 2 heteroatoms. The summed E-state index contributed by atoms with van der Waals surface area (Å²) in [6, 6.07) is 0.823. The topological polar surface area (TPSA) is 12.0 Å². The van der Waals surface area contributed by atoms with Crippen molar-refractivity contribution >= 4 is 11.8 Å². The number of nitrogens with one attached hydrogen (secondary N) is 1. The highest BCUT2D eigenvalue weighted by Gasteiger charge is 2.26. The molecule has 2 aliphatic carbocycles. The molecule has 0 heterocycles. The summed E-state index contributed by atoms with van der Waals surface area (Å²) in [6.07, 6.45) is 13.2. The molecule has 0 aromatic carbocycles. The van der Waals surface area contributed by atoms with Gasteiger partial charge in [0, 0.05) is 11.3 Å². The van der Waals surface area contributed by atoms with Crippen LogP contribution < -0.4 is 5.32 Å². The Bertz CT molecular complexity index is 201. The van der Waals surface area contributed by atoms with E-state index in [4.69, 9.17) is 0 Å². The third-order valence-electron chi connectivity index (χ3n) is 4.52. The standard InChI is InChI=1S/C15H29NS/c1-2-17-15-10-6-9-14(15)16-12-11-13-7-4-3-5-8-13/h13-16H,2-12H2,1H3. The van der Waals surface area contributed by atoms with Crippen LogP contribution in [0.3, 0.4) is 0 Å². The molecular weight excluding hydrogens is 226 g/mol. The van der Waals surface area contributed by atoms with Crippen LogP contribution in [0.4, 0.5) is 0 Å². The Morgan fingerprint density at radius 1 is 1.00 bits per heavy atom. The monoisotopic (exact) mass is 255 g/mol. The van der Waals surface area contributed by atoms with E-state index < -0.39 is 0 Å². The lowest BCUT2D eigenvalue weighted by molar-refractivity contribution is 0.328. The Kier molecular flexibility index (Phi) is 6.21. The largest absolute Gasteiger partial charge is 0.313 e. The summed E-state index contributed by atoms with van der Waals surface area (Å²) < 4.78 is 0. The van der Waals surface area contributed by atoms with Gasteiger partial charge < -0.3 is 5.32 Å². The van der Waals surface area contributed by atoms with Crippen LogP contribution in [0.2, 0.25) is 0 Å². The Morgan fingerprint density at radius 2 is 1.82 bits per heavy atom. The van der Waals surface area contributed by atoms with Gasteiger partial charge in [0.25, 0.3) is 0 Å². The van der Waals surface area contributed by atoms with Gasteiger partial charge in [0.2, 0.25) is 0 Å². The Labute approximate surface area is 112 Å². The fourth-order valence-corrected chi connectivity index (χ4v) is 4.75. The normalized spacial score (nSPS) is 30.9. The van der Waals surface area contributed by atoms with Gasteiger partial charge in [-0.15, -0.1) is 0 Å². The summed E-state index contributed by atoms with van der Waals surface area (Å²) in [6.45, 7) is 3.57. The second-order valence-electron chi connectivity index (χ2n) is 5.78. The number of hydrogen-bond acceptors (Lipinski definition) is 2. The molecule has 0 spiro atoms. The van der Waals surface area contributed by atoms with Crippen molar-refractivity contribution in [3.05, 3.63) is 0 Å². The van der Waals surface area contributed by atoms with Crippen LogP contribution in [-0.2, 0) is 0 Å². The van der Waals surface area contributed by atoms with E-state index in [0.717, 1.165) is 17.2 Å². The fraction of sp³-hybridized carbons (Fsp3) is 1.00. The van der Waals surface area contributed by atoms with Crippen molar-refractivity contribution in [1.82, 2.24) is 5.32 Å². The van der Waals surface area contributed by atoms with Gasteiger partial charge in [-0.05, 0) is 37.5 Å². The SMILES string of the molecule is CCSC1CCCC1NCCC1CCCCC1. The Hall–Kier alpha value is 0.310. The minimum atomic E-state index is 0.823. The molecule has 2 rings (SSSR count). The molecule has 100 valence electrons. The molecule has 0 radical (unpaired) electrons. The first kappa shape index (κ1) is 13.7. The summed E-state index contributed by atoms with van der Waals surface area (Å²) in [5.41, 5.74) is 0. The van der Waals surface area contributed by atoms with Crippen molar-refractivity contribution in [2.75, 3.05) is 12.3 Å². The lowest BCUT2D eigenvalue weighted by Gasteiger charge is -2.24. The molecule has 17 heavy (non-hydrogen) atoms. The average molecular weight is 255 g/mol. The molecule has 0 aromatic heterocycles. The molecule has 2 fully saturated rings. The molecule has 0 bridgehead atoms. The zero-order chi connectivity index (χ0) is 11.9. The van der Waals surface area contributed by atoms with Gasteiger partial charge in [-0.25, -0.2) is 0 Å². The molecule has 2 unspecified atom stereocenters. The molecule has 2 aliphatic rings. The summed E-state index contributed by atoms with van der Waals surface area (Å²) in [5, 5.41) is 4.75. The maximum atomic E-state index is 3.84. The van der Waals surface area contributed by atoms with Crippen LogP contribution in [-0.4, -0.2) is 23.6 Å². The predicted molar refractivity (Wildman–Crippen MR) is 78.8 cm³/mol. The van der Waals surface area contributed by atoms with Crippen LogP contribution >= 0.6 is 11.8 Å². The van der Waals surface area contributed by atoms with E-state index in [1.807, 2.05) is 0 Å². The van der Waals surface area contributed by atoms with Crippen molar-refractivity contribution in [2.45, 2.75) is 76.0 Å². The third-order valence-corrected chi connectivity index (χ3v) is 5.84. The summed E-state index contributed by atoms with van der Waals surface area (Å²) >= 11 is 2.17. The molecule has 0 amide bonds. The average Bonchev–Trinajstić information content (AvgIpc) is 2.79. The maximum absolute atomic E-state index is 3.84. The molecular formula is C15H29NS. The Morgan fingerprint density at radius 3 is 2.59 bits per heavy atom. The minimum absolute atomic E-state index is 0.823. The zero-order valence-corrected chi connectivity index (χ0v) is 12.2. The van der Waals surface area contributed by atoms with Crippen molar-refractivity contribution in [2.24, 2.45) is 5.92 Å². The van der Waals surface area contributed by atoms with Gasteiger partial charge in [0.05, 0.1) is 0 Å². The van der Waals surface area contributed by atoms with E-state index in [1.54, 1.807) is 0 Å². The summed E-state index contributed by atoms with van der Waals surface area (Å²) in [5.74, 6) is 2.32. The third kappa shape index (κ3) is 4.48. The quantitative estimate of drug-likeness (QED) is 0.762. The smallest absolute Gasteiger partial charge is 0.0201 e. The van der Waals surface area contributed by atoms with Crippen molar-refractivity contribution in [3.63, 3.8) is 0 Å². The van der Waals surface area contributed by atoms with Crippen LogP contribution in [0, 0.1) is 5.92 Å². The highest BCUT2D eigenvalue weighted by Crippen LogP contribution is 2.30. The molecule has 2 saturated carbocycles. The zero-order valence-electron chi connectivity index (χ0n) is 11.4. The first-order valence-corrected chi connectivity index (χ1v) is 8.80. The van der Waals surface area contributed by atoms with Gasteiger partial charge in [-0.1, -0.05) is 45.4 Å². The van der Waals surface area contributed by atoms with Crippen LogP contribution in [0.1, 0.15) is 64.7 Å². The molecule has 0 aromatic rings. The van der Waals surface area contributed by atoms with Crippen molar-refractivity contribution in [3.8, 4) is 0 Å². The minimum Gasteiger partial charge on any atom is -0.313 e. The van der Waals surface area contributed by atoms with E-state index in [0.29, 0.717) is 0 Å². The summed E-state index contributed by atoms with van der Waals surface area (Å²) in [7, 11) is 0. The van der Waals surface area contributed by atoms with E-state index in [1.165, 1.54) is 70.1 Å². The van der Waals surface area contributed by atoms with Crippen LogP contribution in [0.5, 0.6) is 0 Å². The molecule has 0 saturated heterocycles. The van der Waals surface area contributed by atoms with E-state index in [-0.39, 0.29) is 0 Å². The number of thioether (sulfide) groups is 1. The number of hydrogen-bond donors (Lipinski definition) is 1. The van der Waals surface area contributed by atoms with Gasteiger partial charge in [0.1, 0.15) is 0 Å². The number of rotatable bonds is 6. The van der Waals surface area contributed by atoms with Gasteiger partial charge >= 0.3 is 0 Å². The molecule has 1 N–H and O–H groups in total.